The van der Waals surface area contributed by atoms with E-state index < -0.39 is 12.7 Å². The normalized spacial score (nSPS) is 12.2. The number of halogens is 4. The van der Waals surface area contributed by atoms with E-state index in [2.05, 4.69) is 5.32 Å². The van der Waals surface area contributed by atoms with Crippen LogP contribution < -0.4 is 5.32 Å². The van der Waals surface area contributed by atoms with Gasteiger partial charge in [0.2, 0.25) is 0 Å². The Labute approximate surface area is 110 Å². The summed E-state index contributed by atoms with van der Waals surface area (Å²) in [7, 11) is 1.69. The number of nitrogens with zero attached hydrogens (tertiary/aromatic N) is 1. The third kappa shape index (κ3) is 6.02. The number of rotatable bonds is 6. The van der Waals surface area contributed by atoms with Crippen LogP contribution in [0.25, 0.3) is 0 Å². The highest BCUT2D eigenvalue weighted by atomic mass is 19.4. The predicted octanol–water partition coefficient (Wildman–Crippen LogP) is 2.72. The number of aryl methyl sites for hydroxylation is 1. The summed E-state index contributed by atoms with van der Waals surface area (Å²) < 4.78 is 50.4. The minimum atomic E-state index is -4.23. The second kappa shape index (κ2) is 6.86. The Hall–Kier alpha value is -1.14. The third-order valence-corrected chi connectivity index (χ3v) is 2.78. The Balaban J connectivity index is 2.75. The molecule has 0 bridgehead atoms. The van der Waals surface area contributed by atoms with Gasteiger partial charge in [0.05, 0.1) is 6.54 Å². The molecule has 0 aliphatic rings. The van der Waals surface area contributed by atoms with Gasteiger partial charge >= 0.3 is 6.18 Å². The summed E-state index contributed by atoms with van der Waals surface area (Å²) in [5.74, 6) is -0.376. The number of nitrogens with one attached hydrogen (secondary N) is 1. The van der Waals surface area contributed by atoms with E-state index >= 15 is 0 Å². The molecule has 0 amide bonds. The first-order chi connectivity index (χ1) is 8.81. The highest BCUT2D eigenvalue weighted by Gasteiger charge is 2.30. The van der Waals surface area contributed by atoms with E-state index in [0.717, 1.165) is 0 Å². The zero-order valence-electron chi connectivity index (χ0n) is 11.0. The minimum Gasteiger partial charge on any atom is -0.318 e. The molecule has 0 atom stereocenters. The van der Waals surface area contributed by atoms with Crippen molar-refractivity contribution < 1.29 is 17.6 Å². The number of hydrogen-bond acceptors (Lipinski definition) is 2. The van der Waals surface area contributed by atoms with Gasteiger partial charge in [-0.25, -0.2) is 4.39 Å². The SMILES string of the molecule is CNCCN(Cc1ccc(F)cc1C)CC(F)(F)F. The van der Waals surface area contributed by atoms with E-state index in [1.165, 1.54) is 23.1 Å². The molecule has 0 aromatic heterocycles. The van der Waals surface area contributed by atoms with Crippen molar-refractivity contribution in [2.75, 3.05) is 26.7 Å². The fourth-order valence-corrected chi connectivity index (χ4v) is 1.82. The molecule has 1 aromatic rings. The van der Waals surface area contributed by atoms with Crippen LogP contribution in [0.3, 0.4) is 0 Å². The Morgan fingerprint density at radius 1 is 1.26 bits per heavy atom. The lowest BCUT2D eigenvalue weighted by atomic mass is 10.1. The molecular weight excluding hydrogens is 260 g/mol. The maximum Gasteiger partial charge on any atom is 0.401 e. The quantitative estimate of drug-likeness (QED) is 0.805. The Kier molecular flexibility index (Phi) is 5.75. The molecule has 6 heteroatoms. The molecule has 2 nitrogen and oxygen atoms in total. The number of alkyl halides is 3. The average molecular weight is 278 g/mol. The van der Waals surface area contributed by atoms with Crippen LogP contribution in [0.15, 0.2) is 18.2 Å². The molecule has 0 radical (unpaired) electrons. The maximum absolute atomic E-state index is 13.0. The van der Waals surface area contributed by atoms with Crippen LogP contribution in [-0.2, 0) is 6.54 Å². The van der Waals surface area contributed by atoms with Crippen LogP contribution in [-0.4, -0.2) is 37.8 Å². The maximum atomic E-state index is 13.0. The van der Waals surface area contributed by atoms with Crippen molar-refractivity contribution in [3.8, 4) is 0 Å². The lowest BCUT2D eigenvalue weighted by Crippen LogP contribution is -2.37. The van der Waals surface area contributed by atoms with Gasteiger partial charge in [-0.05, 0) is 37.2 Å². The van der Waals surface area contributed by atoms with Gasteiger partial charge in [-0.15, -0.1) is 0 Å². The highest BCUT2D eigenvalue weighted by molar-refractivity contribution is 5.26. The van der Waals surface area contributed by atoms with Gasteiger partial charge in [0.1, 0.15) is 5.82 Å². The molecule has 0 unspecified atom stereocenters. The first-order valence-corrected chi connectivity index (χ1v) is 6.00. The number of likely N-dealkylation sites (N-methyl/N-ethyl adjacent to an activating group) is 1. The number of hydrogen-bond donors (Lipinski definition) is 1. The van der Waals surface area contributed by atoms with Crippen LogP contribution in [0.4, 0.5) is 17.6 Å². The number of benzene rings is 1. The summed E-state index contributed by atoms with van der Waals surface area (Å²) in [6, 6.07) is 4.14. The molecule has 0 aliphatic carbocycles. The van der Waals surface area contributed by atoms with E-state index in [0.29, 0.717) is 17.7 Å². The predicted molar refractivity (Wildman–Crippen MR) is 66.4 cm³/mol. The van der Waals surface area contributed by atoms with Gasteiger partial charge in [-0.1, -0.05) is 6.07 Å². The Bertz CT molecular complexity index is 404. The largest absolute Gasteiger partial charge is 0.401 e. The van der Waals surface area contributed by atoms with E-state index in [9.17, 15) is 17.6 Å². The van der Waals surface area contributed by atoms with Gasteiger partial charge in [0.25, 0.3) is 0 Å². The summed E-state index contributed by atoms with van der Waals surface area (Å²) in [5, 5.41) is 2.82. The zero-order valence-corrected chi connectivity index (χ0v) is 11.0. The second-order valence-corrected chi connectivity index (χ2v) is 4.50. The van der Waals surface area contributed by atoms with Crippen LogP contribution in [0, 0.1) is 12.7 Å². The molecule has 0 saturated carbocycles. The van der Waals surface area contributed by atoms with Crippen molar-refractivity contribution in [3.63, 3.8) is 0 Å². The standard InChI is InChI=1S/C13H18F4N2/c1-10-7-12(14)4-3-11(10)8-19(6-5-18-2)9-13(15,16)17/h3-4,7,18H,5-6,8-9H2,1-2H3. The molecule has 0 fully saturated rings. The lowest BCUT2D eigenvalue weighted by Gasteiger charge is -2.24. The second-order valence-electron chi connectivity index (χ2n) is 4.50. The molecule has 108 valence electrons. The summed E-state index contributed by atoms with van der Waals surface area (Å²) >= 11 is 0. The summed E-state index contributed by atoms with van der Waals surface area (Å²) in [5.41, 5.74) is 1.37. The molecule has 1 aromatic carbocycles. The summed E-state index contributed by atoms with van der Waals surface area (Å²) in [6.45, 7) is 1.64. The first kappa shape index (κ1) is 15.9. The van der Waals surface area contributed by atoms with E-state index in [1.807, 2.05) is 0 Å². The van der Waals surface area contributed by atoms with E-state index in [4.69, 9.17) is 0 Å². The van der Waals surface area contributed by atoms with Crippen LogP contribution in [0.1, 0.15) is 11.1 Å². The Morgan fingerprint density at radius 3 is 2.47 bits per heavy atom. The third-order valence-electron chi connectivity index (χ3n) is 2.78. The average Bonchev–Trinajstić information content (AvgIpc) is 2.27. The molecule has 0 heterocycles. The summed E-state index contributed by atoms with van der Waals surface area (Å²) in [6.07, 6.45) is -4.23. The van der Waals surface area contributed by atoms with E-state index in [1.54, 1.807) is 14.0 Å². The van der Waals surface area contributed by atoms with Gasteiger partial charge < -0.3 is 5.32 Å². The molecule has 1 N–H and O–H groups in total. The van der Waals surface area contributed by atoms with Gasteiger partial charge in [-0.2, -0.15) is 13.2 Å². The van der Waals surface area contributed by atoms with Crippen molar-refractivity contribution >= 4 is 0 Å². The lowest BCUT2D eigenvalue weighted by molar-refractivity contribution is -0.146. The Morgan fingerprint density at radius 2 is 1.95 bits per heavy atom. The molecular formula is C13H18F4N2. The van der Waals surface area contributed by atoms with Crippen molar-refractivity contribution in [1.29, 1.82) is 0 Å². The monoisotopic (exact) mass is 278 g/mol. The highest BCUT2D eigenvalue weighted by Crippen LogP contribution is 2.19. The summed E-state index contributed by atoms with van der Waals surface area (Å²) in [4.78, 5) is 1.30. The molecule has 19 heavy (non-hydrogen) atoms. The van der Waals surface area contributed by atoms with Gasteiger partial charge in [0.15, 0.2) is 0 Å². The first-order valence-electron chi connectivity index (χ1n) is 6.00. The molecule has 0 spiro atoms. The minimum absolute atomic E-state index is 0.160. The van der Waals surface area contributed by atoms with Crippen LogP contribution in [0.2, 0.25) is 0 Å². The van der Waals surface area contributed by atoms with Crippen LogP contribution in [0.5, 0.6) is 0 Å². The zero-order chi connectivity index (χ0) is 14.5. The smallest absolute Gasteiger partial charge is 0.318 e. The van der Waals surface area contributed by atoms with Crippen molar-refractivity contribution in [2.45, 2.75) is 19.6 Å². The van der Waals surface area contributed by atoms with Crippen molar-refractivity contribution in [1.82, 2.24) is 10.2 Å². The van der Waals surface area contributed by atoms with Gasteiger partial charge in [-0.3, -0.25) is 4.90 Å². The van der Waals surface area contributed by atoms with Gasteiger partial charge in [0, 0.05) is 19.6 Å². The van der Waals surface area contributed by atoms with Crippen molar-refractivity contribution in [3.05, 3.63) is 35.1 Å². The van der Waals surface area contributed by atoms with Crippen molar-refractivity contribution in [2.24, 2.45) is 0 Å². The topological polar surface area (TPSA) is 15.3 Å². The molecule has 0 aliphatic heterocycles. The fourth-order valence-electron chi connectivity index (χ4n) is 1.82. The molecule has 1 rings (SSSR count). The van der Waals surface area contributed by atoms with E-state index in [-0.39, 0.29) is 18.9 Å². The van der Waals surface area contributed by atoms with Crippen LogP contribution >= 0.6 is 0 Å². The fraction of sp³-hybridized carbons (Fsp3) is 0.538. The molecule has 0 saturated heterocycles.